The molecule has 1 saturated carbocycles. The lowest BCUT2D eigenvalue weighted by Gasteiger charge is -2.33. The highest BCUT2D eigenvalue weighted by Gasteiger charge is 2.38. The quantitative estimate of drug-likeness (QED) is 0.813. The highest BCUT2D eigenvalue weighted by atomic mass is 15.1. The summed E-state index contributed by atoms with van der Waals surface area (Å²) in [4.78, 5) is 2.66. The van der Waals surface area contributed by atoms with Crippen molar-refractivity contribution in [3.8, 4) is 0 Å². The maximum absolute atomic E-state index is 3.46. The van der Waals surface area contributed by atoms with Gasteiger partial charge in [0.25, 0.3) is 0 Å². The summed E-state index contributed by atoms with van der Waals surface area (Å²) in [6.07, 6.45) is 5.52. The van der Waals surface area contributed by atoms with Crippen molar-refractivity contribution in [3.63, 3.8) is 0 Å². The summed E-state index contributed by atoms with van der Waals surface area (Å²) >= 11 is 0. The summed E-state index contributed by atoms with van der Waals surface area (Å²) in [6.45, 7) is 11.1. The van der Waals surface area contributed by atoms with Gasteiger partial charge in [0, 0.05) is 12.6 Å². The van der Waals surface area contributed by atoms with Crippen LogP contribution < -0.4 is 5.32 Å². The van der Waals surface area contributed by atoms with Crippen molar-refractivity contribution in [2.24, 2.45) is 17.3 Å². The number of hydrogen-bond donors (Lipinski definition) is 1. The standard InChI is InChI=1S/C15H30N2/c1-12-9-15(2,3)10-14(12)17(4)11-13-5-7-16-8-6-13/h12-14,16H,5-11H2,1-4H3. The Balaban J connectivity index is 1.85. The molecule has 1 aliphatic heterocycles. The molecule has 0 aromatic rings. The van der Waals surface area contributed by atoms with E-state index in [1.165, 1.54) is 45.3 Å². The van der Waals surface area contributed by atoms with Crippen LogP contribution in [0.3, 0.4) is 0 Å². The van der Waals surface area contributed by atoms with Gasteiger partial charge in [-0.25, -0.2) is 0 Å². The van der Waals surface area contributed by atoms with Crippen LogP contribution in [0, 0.1) is 17.3 Å². The Morgan fingerprint density at radius 2 is 1.82 bits per heavy atom. The molecule has 17 heavy (non-hydrogen) atoms. The van der Waals surface area contributed by atoms with Gasteiger partial charge in [0.2, 0.25) is 0 Å². The van der Waals surface area contributed by atoms with Gasteiger partial charge in [0.05, 0.1) is 0 Å². The van der Waals surface area contributed by atoms with Gasteiger partial charge in [-0.05, 0) is 63.1 Å². The molecule has 0 spiro atoms. The normalized spacial score (nSPS) is 34.4. The van der Waals surface area contributed by atoms with Crippen LogP contribution in [-0.4, -0.2) is 37.6 Å². The van der Waals surface area contributed by atoms with Crippen LogP contribution in [0.15, 0.2) is 0 Å². The van der Waals surface area contributed by atoms with E-state index in [9.17, 15) is 0 Å². The molecule has 2 fully saturated rings. The Kier molecular flexibility index (Phi) is 4.14. The topological polar surface area (TPSA) is 15.3 Å². The van der Waals surface area contributed by atoms with E-state index in [0.29, 0.717) is 5.41 Å². The monoisotopic (exact) mass is 238 g/mol. The molecule has 2 aliphatic rings. The Labute approximate surface area is 107 Å². The van der Waals surface area contributed by atoms with E-state index in [1.54, 1.807) is 0 Å². The molecule has 0 radical (unpaired) electrons. The molecule has 1 aliphatic carbocycles. The molecule has 0 aromatic carbocycles. The van der Waals surface area contributed by atoms with E-state index < -0.39 is 0 Å². The molecule has 1 heterocycles. The fourth-order valence-corrected chi connectivity index (χ4v) is 4.06. The Morgan fingerprint density at radius 1 is 1.18 bits per heavy atom. The average molecular weight is 238 g/mol. The predicted molar refractivity (Wildman–Crippen MR) is 74.2 cm³/mol. The first kappa shape index (κ1) is 13.4. The summed E-state index contributed by atoms with van der Waals surface area (Å²) in [5, 5.41) is 3.46. The number of hydrogen-bond acceptors (Lipinski definition) is 2. The van der Waals surface area contributed by atoms with Crippen LogP contribution in [0.2, 0.25) is 0 Å². The second-order valence-corrected chi connectivity index (χ2v) is 7.25. The van der Waals surface area contributed by atoms with Gasteiger partial charge in [-0.1, -0.05) is 20.8 Å². The van der Waals surface area contributed by atoms with Crippen LogP contribution in [0.1, 0.15) is 46.5 Å². The van der Waals surface area contributed by atoms with Crippen LogP contribution >= 0.6 is 0 Å². The number of nitrogens with one attached hydrogen (secondary N) is 1. The second kappa shape index (κ2) is 5.27. The zero-order valence-electron chi connectivity index (χ0n) is 12.1. The van der Waals surface area contributed by atoms with Gasteiger partial charge >= 0.3 is 0 Å². The summed E-state index contributed by atoms with van der Waals surface area (Å²) in [7, 11) is 2.35. The van der Waals surface area contributed by atoms with E-state index in [0.717, 1.165) is 17.9 Å². The third-order valence-electron chi connectivity index (χ3n) is 4.86. The average Bonchev–Trinajstić information content (AvgIpc) is 2.54. The smallest absolute Gasteiger partial charge is 0.0123 e. The van der Waals surface area contributed by atoms with E-state index >= 15 is 0 Å². The molecule has 0 amide bonds. The molecule has 100 valence electrons. The first-order valence-electron chi connectivity index (χ1n) is 7.39. The minimum Gasteiger partial charge on any atom is -0.317 e. The van der Waals surface area contributed by atoms with Crippen LogP contribution in [0.4, 0.5) is 0 Å². The molecule has 2 heteroatoms. The zero-order valence-corrected chi connectivity index (χ0v) is 12.1. The van der Waals surface area contributed by atoms with Gasteiger partial charge in [-0.2, -0.15) is 0 Å². The summed E-state index contributed by atoms with van der Waals surface area (Å²) in [5.74, 6) is 1.80. The van der Waals surface area contributed by atoms with Gasteiger partial charge in [-0.15, -0.1) is 0 Å². The third-order valence-corrected chi connectivity index (χ3v) is 4.86. The number of rotatable bonds is 3. The van der Waals surface area contributed by atoms with E-state index in [4.69, 9.17) is 0 Å². The first-order valence-corrected chi connectivity index (χ1v) is 7.39. The minimum atomic E-state index is 0.562. The van der Waals surface area contributed by atoms with Crippen molar-refractivity contribution in [1.82, 2.24) is 10.2 Å². The molecule has 2 rings (SSSR count). The predicted octanol–water partition coefficient (Wildman–Crippen LogP) is 2.74. The Bertz CT molecular complexity index is 243. The first-order chi connectivity index (χ1) is 7.98. The zero-order chi connectivity index (χ0) is 12.5. The summed E-state index contributed by atoms with van der Waals surface area (Å²) in [5.41, 5.74) is 0.562. The molecule has 0 bridgehead atoms. The molecule has 2 nitrogen and oxygen atoms in total. The van der Waals surface area contributed by atoms with E-state index in [1.807, 2.05) is 0 Å². The molecule has 2 atom stereocenters. The fourth-order valence-electron chi connectivity index (χ4n) is 4.06. The van der Waals surface area contributed by atoms with Gasteiger partial charge in [0.1, 0.15) is 0 Å². The largest absolute Gasteiger partial charge is 0.317 e. The van der Waals surface area contributed by atoms with Crippen LogP contribution in [-0.2, 0) is 0 Å². The summed E-state index contributed by atoms with van der Waals surface area (Å²) < 4.78 is 0. The van der Waals surface area contributed by atoms with Crippen molar-refractivity contribution in [2.75, 3.05) is 26.7 Å². The van der Waals surface area contributed by atoms with Crippen molar-refractivity contribution in [2.45, 2.75) is 52.5 Å². The molecular formula is C15H30N2. The van der Waals surface area contributed by atoms with E-state index in [-0.39, 0.29) is 0 Å². The van der Waals surface area contributed by atoms with Crippen LogP contribution in [0.25, 0.3) is 0 Å². The summed E-state index contributed by atoms with van der Waals surface area (Å²) in [6, 6.07) is 0.819. The van der Waals surface area contributed by atoms with E-state index in [2.05, 4.69) is 38.0 Å². The SMILES string of the molecule is CC1CC(C)(C)CC1N(C)CC1CCNCC1. The van der Waals surface area contributed by atoms with Gasteiger partial charge in [0.15, 0.2) is 0 Å². The van der Waals surface area contributed by atoms with Gasteiger partial charge in [-0.3, -0.25) is 0 Å². The Morgan fingerprint density at radius 3 is 2.35 bits per heavy atom. The van der Waals surface area contributed by atoms with Crippen LogP contribution in [0.5, 0.6) is 0 Å². The lowest BCUT2D eigenvalue weighted by molar-refractivity contribution is 0.158. The number of piperidine rings is 1. The molecule has 2 unspecified atom stereocenters. The lowest BCUT2D eigenvalue weighted by Crippen LogP contribution is -2.40. The maximum Gasteiger partial charge on any atom is 0.0123 e. The molecule has 0 aromatic heterocycles. The lowest BCUT2D eigenvalue weighted by atomic mass is 9.91. The van der Waals surface area contributed by atoms with Crippen molar-refractivity contribution in [3.05, 3.63) is 0 Å². The Hall–Kier alpha value is -0.0800. The molecular weight excluding hydrogens is 208 g/mol. The minimum absolute atomic E-state index is 0.562. The van der Waals surface area contributed by atoms with Crippen molar-refractivity contribution >= 4 is 0 Å². The third kappa shape index (κ3) is 3.45. The highest BCUT2D eigenvalue weighted by molar-refractivity contribution is 4.92. The maximum atomic E-state index is 3.46. The molecule has 1 N–H and O–H groups in total. The highest BCUT2D eigenvalue weighted by Crippen LogP contribution is 2.43. The van der Waals surface area contributed by atoms with Gasteiger partial charge < -0.3 is 10.2 Å². The molecule has 1 saturated heterocycles. The van der Waals surface area contributed by atoms with Crippen molar-refractivity contribution < 1.29 is 0 Å². The fraction of sp³-hybridized carbons (Fsp3) is 1.00. The number of nitrogens with zero attached hydrogens (tertiary/aromatic N) is 1. The second-order valence-electron chi connectivity index (χ2n) is 7.25. The van der Waals surface area contributed by atoms with Crippen molar-refractivity contribution in [1.29, 1.82) is 0 Å².